The Morgan fingerprint density at radius 2 is 1.46 bits per heavy atom. The molecule has 3 aromatic rings. The summed E-state index contributed by atoms with van der Waals surface area (Å²) in [6.45, 7) is 4.09. The zero-order valence-electron chi connectivity index (χ0n) is 23.9. The average Bonchev–Trinajstić information content (AvgIpc) is 3.55. The van der Waals surface area contributed by atoms with Gasteiger partial charge in [0.15, 0.2) is 0 Å². The molecular formula is C33H41N3O4S. The first-order valence-electron chi connectivity index (χ1n) is 14.6. The maximum absolute atomic E-state index is 13.8. The second-order valence-corrected chi connectivity index (χ2v) is 12.6. The second-order valence-electron chi connectivity index (χ2n) is 10.6. The van der Waals surface area contributed by atoms with Gasteiger partial charge in [0.2, 0.25) is 21.8 Å². The molecule has 4 rings (SSSR count). The lowest BCUT2D eigenvalue weighted by Gasteiger charge is -2.31. The van der Waals surface area contributed by atoms with E-state index >= 15 is 0 Å². The van der Waals surface area contributed by atoms with Gasteiger partial charge >= 0.3 is 0 Å². The summed E-state index contributed by atoms with van der Waals surface area (Å²) >= 11 is 0. The Labute approximate surface area is 244 Å². The number of nitrogens with zero attached hydrogens (tertiary/aromatic N) is 2. The molecule has 3 aromatic carbocycles. The van der Waals surface area contributed by atoms with Crippen molar-refractivity contribution in [1.29, 1.82) is 0 Å². The first kappa shape index (κ1) is 30.5. The van der Waals surface area contributed by atoms with E-state index in [1.165, 1.54) is 4.31 Å². The summed E-state index contributed by atoms with van der Waals surface area (Å²) in [6, 6.07) is 25.7. The number of sulfonamides is 1. The van der Waals surface area contributed by atoms with E-state index in [2.05, 4.69) is 12.2 Å². The van der Waals surface area contributed by atoms with Crippen LogP contribution in [0.15, 0.2) is 89.8 Å². The van der Waals surface area contributed by atoms with Crippen LogP contribution in [-0.4, -0.2) is 55.1 Å². The number of carbonyl (C=O) groups excluding carboxylic acids is 2. The van der Waals surface area contributed by atoms with Crippen LogP contribution in [-0.2, 0) is 39.0 Å². The van der Waals surface area contributed by atoms with Gasteiger partial charge in [-0.2, -0.15) is 4.31 Å². The maximum atomic E-state index is 13.8. The average molecular weight is 576 g/mol. The molecule has 0 saturated carbocycles. The van der Waals surface area contributed by atoms with E-state index in [0.29, 0.717) is 39.0 Å². The molecule has 1 heterocycles. The molecule has 0 aliphatic carbocycles. The highest BCUT2D eigenvalue weighted by Crippen LogP contribution is 2.22. The van der Waals surface area contributed by atoms with Crippen molar-refractivity contribution in [3.05, 3.63) is 102 Å². The molecule has 0 radical (unpaired) electrons. The smallest absolute Gasteiger partial charge is 0.243 e. The summed E-state index contributed by atoms with van der Waals surface area (Å²) in [7, 11) is -3.48. The molecule has 0 unspecified atom stereocenters. The molecule has 0 bridgehead atoms. The van der Waals surface area contributed by atoms with Gasteiger partial charge in [0.1, 0.15) is 6.04 Å². The third-order valence-electron chi connectivity index (χ3n) is 7.55. The molecule has 1 aliphatic rings. The van der Waals surface area contributed by atoms with E-state index in [4.69, 9.17) is 0 Å². The predicted molar refractivity (Wildman–Crippen MR) is 162 cm³/mol. The van der Waals surface area contributed by atoms with Crippen LogP contribution in [0.25, 0.3) is 0 Å². The third kappa shape index (κ3) is 8.50. The number of nitrogens with one attached hydrogen (secondary N) is 1. The van der Waals surface area contributed by atoms with Gasteiger partial charge in [-0.25, -0.2) is 8.42 Å². The van der Waals surface area contributed by atoms with Gasteiger partial charge < -0.3 is 10.2 Å². The van der Waals surface area contributed by atoms with Crippen molar-refractivity contribution in [2.75, 3.05) is 19.6 Å². The van der Waals surface area contributed by atoms with Gasteiger partial charge in [0.05, 0.1) is 4.90 Å². The molecule has 7 nitrogen and oxygen atoms in total. The fraction of sp³-hybridized carbons (Fsp3) is 0.394. The summed E-state index contributed by atoms with van der Waals surface area (Å²) in [5.41, 5.74) is 2.82. The van der Waals surface area contributed by atoms with Crippen LogP contribution in [0, 0.1) is 0 Å². The van der Waals surface area contributed by atoms with Gasteiger partial charge in [-0.1, -0.05) is 86.1 Å². The predicted octanol–water partition coefficient (Wildman–Crippen LogP) is 4.96. The minimum absolute atomic E-state index is 0.116. The Balaban J connectivity index is 1.52. The molecule has 1 N–H and O–H groups in total. The first-order valence-corrected chi connectivity index (χ1v) is 16.1. The first-order chi connectivity index (χ1) is 19.9. The summed E-state index contributed by atoms with van der Waals surface area (Å²) in [4.78, 5) is 29.3. The van der Waals surface area contributed by atoms with Crippen molar-refractivity contribution in [2.45, 2.75) is 69.4 Å². The van der Waals surface area contributed by atoms with Crippen LogP contribution in [0.2, 0.25) is 0 Å². The molecule has 1 saturated heterocycles. The van der Waals surface area contributed by atoms with Crippen molar-refractivity contribution in [2.24, 2.45) is 0 Å². The summed E-state index contributed by atoms with van der Waals surface area (Å²) < 4.78 is 27.3. The normalized spacial score (nSPS) is 14.5. The van der Waals surface area contributed by atoms with E-state index in [9.17, 15) is 18.0 Å². The Hall–Kier alpha value is -3.49. The van der Waals surface area contributed by atoms with Gasteiger partial charge in [0, 0.05) is 39.0 Å². The van der Waals surface area contributed by atoms with Crippen LogP contribution in [0.3, 0.4) is 0 Å². The van der Waals surface area contributed by atoms with Crippen molar-refractivity contribution < 1.29 is 18.0 Å². The number of carbonyl (C=O) groups is 2. The Morgan fingerprint density at radius 3 is 2.07 bits per heavy atom. The standard InChI is InChI=1S/C33H41N3O4S/c1-2-3-22-34-33(38)31(25-28-12-6-4-7-13-28)36(26-29-14-8-5-9-15-29)32(37)21-18-27-16-19-30(20-17-27)41(39,40)35-23-10-11-24-35/h4-9,12-17,19-20,31H,2-3,10-11,18,21-26H2,1H3,(H,34,38)/t31-/m1/s1. The number of rotatable bonds is 14. The Morgan fingerprint density at radius 1 is 0.854 bits per heavy atom. The third-order valence-corrected chi connectivity index (χ3v) is 9.46. The van der Waals surface area contributed by atoms with Crippen LogP contribution >= 0.6 is 0 Å². The quantitative estimate of drug-likeness (QED) is 0.275. The summed E-state index contributed by atoms with van der Waals surface area (Å²) in [5.74, 6) is -0.266. The number of aryl methyl sites for hydroxylation is 1. The molecule has 1 atom stereocenters. The van der Waals surface area contributed by atoms with Gasteiger partial charge in [-0.15, -0.1) is 0 Å². The molecule has 8 heteroatoms. The van der Waals surface area contributed by atoms with Crippen molar-refractivity contribution in [3.8, 4) is 0 Å². The minimum atomic E-state index is -3.48. The van der Waals surface area contributed by atoms with E-state index in [0.717, 1.165) is 42.4 Å². The molecule has 1 aliphatic heterocycles. The second kappa shape index (κ2) is 14.9. The fourth-order valence-corrected chi connectivity index (χ4v) is 6.66. The van der Waals surface area contributed by atoms with Crippen molar-refractivity contribution in [3.63, 3.8) is 0 Å². The monoisotopic (exact) mass is 575 g/mol. The highest BCUT2D eigenvalue weighted by Gasteiger charge is 2.30. The summed E-state index contributed by atoms with van der Waals surface area (Å²) in [5, 5.41) is 3.05. The molecule has 41 heavy (non-hydrogen) atoms. The minimum Gasteiger partial charge on any atom is -0.354 e. The van der Waals surface area contributed by atoms with Crippen LogP contribution in [0.1, 0.15) is 55.7 Å². The molecular weight excluding hydrogens is 534 g/mol. The highest BCUT2D eigenvalue weighted by molar-refractivity contribution is 7.89. The molecule has 0 spiro atoms. The fourth-order valence-electron chi connectivity index (χ4n) is 5.14. The number of benzene rings is 3. The number of hydrogen-bond donors (Lipinski definition) is 1. The van der Waals surface area contributed by atoms with E-state index in [-0.39, 0.29) is 23.1 Å². The summed E-state index contributed by atoms with van der Waals surface area (Å²) in [6.07, 6.45) is 4.69. The van der Waals surface area contributed by atoms with Gasteiger partial charge in [0.25, 0.3) is 0 Å². The maximum Gasteiger partial charge on any atom is 0.243 e. The van der Waals surface area contributed by atoms with Gasteiger partial charge in [-0.05, 0) is 54.5 Å². The Bertz CT molecular complexity index is 1360. The van der Waals surface area contributed by atoms with Crippen LogP contribution in [0.4, 0.5) is 0 Å². The zero-order valence-corrected chi connectivity index (χ0v) is 24.7. The highest BCUT2D eigenvalue weighted by atomic mass is 32.2. The zero-order chi connectivity index (χ0) is 29.1. The molecule has 0 aromatic heterocycles. The lowest BCUT2D eigenvalue weighted by atomic mass is 10.0. The Kier molecular flexibility index (Phi) is 11.1. The largest absolute Gasteiger partial charge is 0.354 e. The lowest BCUT2D eigenvalue weighted by molar-refractivity contribution is -0.141. The SMILES string of the molecule is CCCCNC(=O)[C@@H](Cc1ccccc1)N(Cc1ccccc1)C(=O)CCc1ccc(S(=O)(=O)N2CCCC2)cc1. The van der Waals surface area contributed by atoms with E-state index < -0.39 is 16.1 Å². The number of amides is 2. The van der Waals surface area contributed by atoms with E-state index in [1.807, 2.05) is 60.7 Å². The topological polar surface area (TPSA) is 86.8 Å². The van der Waals surface area contributed by atoms with Gasteiger partial charge in [-0.3, -0.25) is 9.59 Å². The van der Waals surface area contributed by atoms with Crippen molar-refractivity contribution in [1.82, 2.24) is 14.5 Å². The molecule has 218 valence electrons. The van der Waals surface area contributed by atoms with Crippen LogP contribution < -0.4 is 5.32 Å². The van der Waals surface area contributed by atoms with Crippen LogP contribution in [0.5, 0.6) is 0 Å². The molecule has 1 fully saturated rings. The molecule has 2 amide bonds. The number of hydrogen-bond acceptors (Lipinski definition) is 4. The number of unbranched alkanes of at least 4 members (excludes halogenated alkanes) is 1. The van der Waals surface area contributed by atoms with E-state index in [1.54, 1.807) is 29.2 Å². The van der Waals surface area contributed by atoms with Crippen molar-refractivity contribution >= 4 is 21.8 Å². The lowest BCUT2D eigenvalue weighted by Crippen LogP contribution is -2.50.